The van der Waals surface area contributed by atoms with Gasteiger partial charge >= 0.3 is 6.03 Å². The van der Waals surface area contributed by atoms with Gasteiger partial charge in [0.05, 0.1) is 6.20 Å². The van der Waals surface area contributed by atoms with E-state index in [9.17, 15) is 18.4 Å². The molecule has 2 fully saturated rings. The Morgan fingerprint density at radius 1 is 1.23 bits per heavy atom. The minimum absolute atomic E-state index is 0.0315. The van der Waals surface area contributed by atoms with Gasteiger partial charge in [0.1, 0.15) is 17.4 Å². The van der Waals surface area contributed by atoms with Gasteiger partial charge in [-0.3, -0.25) is 4.79 Å². The molecule has 164 valence electrons. The fourth-order valence-corrected chi connectivity index (χ4v) is 4.10. The molecule has 0 bridgehead atoms. The van der Waals surface area contributed by atoms with Crippen molar-refractivity contribution >= 4 is 17.8 Å². The van der Waals surface area contributed by atoms with Crippen LogP contribution in [0.2, 0.25) is 0 Å². The van der Waals surface area contributed by atoms with E-state index in [1.807, 2.05) is 6.92 Å². The Morgan fingerprint density at radius 3 is 2.65 bits per heavy atom. The quantitative estimate of drug-likeness (QED) is 0.753. The van der Waals surface area contributed by atoms with E-state index < -0.39 is 11.6 Å². The fraction of sp³-hybridized carbons (Fsp3) is 0.409. The van der Waals surface area contributed by atoms with Gasteiger partial charge in [0.2, 0.25) is 5.91 Å². The molecule has 7 nitrogen and oxygen atoms in total. The van der Waals surface area contributed by atoms with Gasteiger partial charge in [-0.25, -0.2) is 18.6 Å². The van der Waals surface area contributed by atoms with E-state index >= 15 is 0 Å². The second-order valence-corrected chi connectivity index (χ2v) is 7.99. The highest BCUT2D eigenvalue weighted by atomic mass is 19.1. The Kier molecular flexibility index (Phi) is 5.75. The first kappa shape index (κ1) is 21.0. The largest absolute Gasteiger partial charge is 0.453 e. The highest BCUT2D eigenvalue weighted by Crippen LogP contribution is 2.59. The molecule has 9 heteroatoms. The van der Waals surface area contributed by atoms with Crippen LogP contribution in [0.4, 0.5) is 19.4 Å². The molecule has 1 unspecified atom stereocenters. The van der Waals surface area contributed by atoms with Gasteiger partial charge in [-0.15, -0.1) is 0 Å². The molecule has 1 aliphatic carbocycles. The van der Waals surface area contributed by atoms with Crippen LogP contribution in [-0.4, -0.2) is 41.5 Å². The van der Waals surface area contributed by atoms with Crippen molar-refractivity contribution in [3.05, 3.63) is 48.2 Å². The molecule has 3 amide bonds. The van der Waals surface area contributed by atoms with Gasteiger partial charge in [0.25, 0.3) is 0 Å². The van der Waals surface area contributed by atoms with Crippen LogP contribution in [0.3, 0.4) is 0 Å². The van der Waals surface area contributed by atoms with Crippen molar-refractivity contribution in [1.82, 2.24) is 15.2 Å². The topological polar surface area (TPSA) is 83.6 Å². The SMILES string of the molecule is CCNC(=O)N1CCC2(CC1)CC2C(=O)Nc1ccc(Oc2ccc(F)cc2F)cn1. The van der Waals surface area contributed by atoms with E-state index in [0.717, 1.165) is 31.4 Å². The number of benzene rings is 1. The van der Waals surface area contributed by atoms with Crippen molar-refractivity contribution in [1.29, 1.82) is 0 Å². The molecule has 0 radical (unpaired) electrons. The van der Waals surface area contributed by atoms with E-state index in [-0.39, 0.29) is 34.8 Å². The monoisotopic (exact) mass is 430 g/mol. The number of nitrogens with zero attached hydrogens (tertiary/aromatic N) is 2. The number of carbonyl (C=O) groups excluding carboxylic acids is 2. The number of nitrogens with one attached hydrogen (secondary N) is 2. The van der Waals surface area contributed by atoms with Crippen LogP contribution in [-0.2, 0) is 4.79 Å². The number of carbonyl (C=O) groups is 2. The zero-order chi connectivity index (χ0) is 22.0. The molecule has 1 saturated carbocycles. The van der Waals surface area contributed by atoms with Crippen LogP contribution < -0.4 is 15.4 Å². The number of aromatic nitrogens is 1. The number of hydrogen-bond donors (Lipinski definition) is 2. The third kappa shape index (κ3) is 4.60. The Morgan fingerprint density at radius 2 is 2.00 bits per heavy atom. The average Bonchev–Trinajstić information content (AvgIpc) is 3.45. The lowest BCUT2D eigenvalue weighted by molar-refractivity contribution is -0.118. The second kappa shape index (κ2) is 8.49. The number of pyridine rings is 1. The van der Waals surface area contributed by atoms with Crippen LogP contribution >= 0.6 is 0 Å². The van der Waals surface area contributed by atoms with E-state index in [2.05, 4.69) is 15.6 Å². The summed E-state index contributed by atoms with van der Waals surface area (Å²) < 4.78 is 32.0. The molecule has 2 N–H and O–H groups in total. The normalized spacial score (nSPS) is 19.1. The van der Waals surface area contributed by atoms with Crippen LogP contribution in [0.5, 0.6) is 11.5 Å². The summed E-state index contributed by atoms with van der Waals surface area (Å²) in [4.78, 5) is 30.5. The third-order valence-electron chi connectivity index (χ3n) is 5.99. The van der Waals surface area contributed by atoms with Gasteiger partial charge < -0.3 is 20.3 Å². The Hall–Kier alpha value is -3.23. The van der Waals surface area contributed by atoms with Crippen molar-refractivity contribution in [2.24, 2.45) is 11.3 Å². The number of amides is 3. The lowest BCUT2D eigenvalue weighted by atomic mass is 9.90. The van der Waals surface area contributed by atoms with E-state index in [1.54, 1.807) is 17.0 Å². The molecule has 1 aromatic heterocycles. The van der Waals surface area contributed by atoms with Gasteiger partial charge in [-0.2, -0.15) is 0 Å². The molecule has 2 heterocycles. The van der Waals surface area contributed by atoms with Gasteiger partial charge in [0.15, 0.2) is 11.6 Å². The standard InChI is InChI=1S/C22H24F2N4O3/c1-2-25-21(30)28-9-7-22(8-10-28)12-16(22)20(29)27-19-6-4-15(13-26-19)31-18-5-3-14(23)11-17(18)24/h3-6,11,13,16H,2,7-10,12H2,1H3,(H,25,30)(H,26,27,29). The maximum atomic E-state index is 13.7. The van der Waals surface area contributed by atoms with Crippen molar-refractivity contribution < 1.29 is 23.1 Å². The number of piperidine rings is 1. The smallest absolute Gasteiger partial charge is 0.317 e. The summed E-state index contributed by atoms with van der Waals surface area (Å²) in [6.45, 7) is 3.79. The summed E-state index contributed by atoms with van der Waals surface area (Å²) in [6.07, 6.45) is 3.80. The van der Waals surface area contributed by atoms with E-state index in [4.69, 9.17) is 4.74 Å². The lowest BCUT2D eigenvalue weighted by Gasteiger charge is -2.32. The van der Waals surface area contributed by atoms with Crippen LogP contribution in [0.1, 0.15) is 26.2 Å². The zero-order valence-electron chi connectivity index (χ0n) is 17.2. The van der Waals surface area contributed by atoms with Gasteiger partial charge in [0, 0.05) is 31.6 Å². The summed E-state index contributed by atoms with van der Waals surface area (Å²) >= 11 is 0. The minimum atomic E-state index is -0.811. The predicted molar refractivity (Wildman–Crippen MR) is 110 cm³/mol. The third-order valence-corrected chi connectivity index (χ3v) is 5.99. The number of anilines is 1. The number of rotatable bonds is 5. The molecule has 2 aliphatic rings. The van der Waals surface area contributed by atoms with Crippen LogP contribution in [0.15, 0.2) is 36.5 Å². The molecule has 2 aromatic rings. The maximum absolute atomic E-state index is 13.7. The molecule has 1 aromatic carbocycles. The number of likely N-dealkylation sites (tertiary alicyclic amines) is 1. The number of ether oxygens (including phenoxy) is 1. The van der Waals surface area contributed by atoms with Crippen LogP contribution in [0, 0.1) is 23.0 Å². The average molecular weight is 430 g/mol. The minimum Gasteiger partial charge on any atom is -0.453 e. The number of halogens is 2. The molecule has 31 heavy (non-hydrogen) atoms. The Balaban J connectivity index is 1.29. The Labute approximate surface area is 178 Å². The van der Waals surface area contributed by atoms with Crippen molar-refractivity contribution in [2.45, 2.75) is 26.2 Å². The molecule has 1 saturated heterocycles. The molecule has 1 spiro atoms. The second-order valence-electron chi connectivity index (χ2n) is 7.99. The molecule has 1 aliphatic heterocycles. The van der Waals surface area contributed by atoms with E-state index in [0.29, 0.717) is 25.5 Å². The lowest BCUT2D eigenvalue weighted by Crippen LogP contribution is -2.45. The molecular weight excluding hydrogens is 406 g/mol. The summed E-state index contributed by atoms with van der Waals surface area (Å²) in [7, 11) is 0. The summed E-state index contributed by atoms with van der Waals surface area (Å²) in [5, 5.41) is 5.62. The maximum Gasteiger partial charge on any atom is 0.317 e. The first-order valence-electron chi connectivity index (χ1n) is 10.3. The first-order chi connectivity index (χ1) is 14.9. The van der Waals surface area contributed by atoms with Crippen LogP contribution in [0.25, 0.3) is 0 Å². The van der Waals surface area contributed by atoms with E-state index in [1.165, 1.54) is 12.3 Å². The highest BCUT2D eigenvalue weighted by Gasteiger charge is 2.58. The van der Waals surface area contributed by atoms with Crippen molar-refractivity contribution in [3.8, 4) is 11.5 Å². The number of urea groups is 1. The summed E-state index contributed by atoms with van der Waals surface area (Å²) in [6, 6.07) is 6.12. The molecular formula is C22H24F2N4O3. The molecule has 4 rings (SSSR count). The summed E-state index contributed by atoms with van der Waals surface area (Å²) in [5.41, 5.74) is -0.0315. The van der Waals surface area contributed by atoms with Crippen molar-refractivity contribution in [3.63, 3.8) is 0 Å². The van der Waals surface area contributed by atoms with Gasteiger partial charge in [-0.1, -0.05) is 0 Å². The molecule has 1 atom stereocenters. The van der Waals surface area contributed by atoms with Crippen molar-refractivity contribution in [2.75, 3.05) is 25.0 Å². The predicted octanol–water partition coefficient (Wildman–Crippen LogP) is 3.92. The number of hydrogen-bond acceptors (Lipinski definition) is 4. The highest BCUT2D eigenvalue weighted by molar-refractivity contribution is 5.94. The fourth-order valence-electron chi connectivity index (χ4n) is 4.10. The first-order valence-corrected chi connectivity index (χ1v) is 10.3. The zero-order valence-corrected chi connectivity index (χ0v) is 17.2. The van der Waals surface area contributed by atoms with Gasteiger partial charge in [-0.05, 0) is 55.9 Å². The Bertz CT molecular complexity index is 975. The summed E-state index contributed by atoms with van der Waals surface area (Å²) in [5.74, 6) is -1.14.